The van der Waals surface area contributed by atoms with Gasteiger partial charge in [0.05, 0.1) is 17.8 Å². The summed E-state index contributed by atoms with van der Waals surface area (Å²) in [5.74, 6) is 0.181. The zero-order chi connectivity index (χ0) is 11.5. The van der Waals surface area contributed by atoms with E-state index in [4.69, 9.17) is 0 Å². The smallest absolute Gasteiger partial charge is 0.240 e. The van der Waals surface area contributed by atoms with E-state index in [1.807, 2.05) is 37.1 Å². The Kier molecular flexibility index (Phi) is 3.19. The van der Waals surface area contributed by atoms with Crippen molar-refractivity contribution in [3.05, 3.63) is 30.1 Å². The topological polar surface area (TPSA) is 45.2 Å². The van der Waals surface area contributed by atoms with Crippen molar-refractivity contribution in [1.29, 1.82) is 0 Å². The molecule has 1 aliphatic heterocycles. The predicted octanol–water partition coefficient (Wildman–Crippen LogP) is 0.963. The fraction of sp³-hybridized carbons (Fsp3) is 0.500. The Morgan fingerprint density at radius 2 is 2.38 bits per heavy atom. The summed E-state index contributed by atoms with van der Waals surface area (Å²) >= 11 is 0. The molecule has 0 spiro atoms. The normalized spacial score (nSPS) is 22.5. The first-order chi connectivity index (χ1) is 7.74. The molecular formula is C12H17N3O. The Morgan fingerprint density at radius 3 is 2.94 bits per heavy atom. The third-order valence-corrected chi connectivity index (χ3v) is 3.17. The van der Waals surface area contributed by atoms with Crippen molar-refractivity contribution in [3.63, 3.8) is 0 Å². The van der Waals surface area contributed by atoms with Gasteiger partial charge in [-0.05, 0) is 32.5 Å². The van der Waals surface area contributed by atoms with Gasteiger partial charge in [-0.1, -0.05) is 6.07 Å². The minimum absolute atomic E-state index is 0.0221. The van der Waals surface area contributed by atoms with Gasteiger partial charge in [0, 0.05) is 12.7 Å². The van der Waals surface area contributed by atoms with E-state index < -0.39 is 0 Å². The molecule has 0 aromatic carbocycles. The van der Waals surface area contributed by atoms with Gasteiger partial charge in [-0.3, -0.25) is 9.78 Å². The van der Waals surface area contributed by atoms with Crippen molar-refractivity contribution in [2.45, 2.75) is 25.4 Å². The Labute approximate surface area is 95.7 Å². The molecular weight excluding hydrogens is 202 g/mol. The van der Waals surface area contributed by atoms with Crippen LogP contribution >= 0.6 is 0 Å². The average molecular weight is 219 g/mol. The molecule has 4 nitrogen and oxygen atoms in total. The van der Waals surface area contributed by atoms with Crippen LogP contribution in [0.25, 0.3) is 0 Å². The molecule has 2 atom stereocenters. The number of pyridine rings is 1. The van der Waals surface area contributed by atoms with Crippen molar-refractivity contribution in [3.8, 4) is 0 Å². The van der Waals surface area contributed by atoms with Crippen LogP contribution in [0.2, 0.25) is 0 Å². The highest BCUT2D eigenvalue weighted by Gasteiger charge is 2.33. The summed E-state index contributed by atoms with van der Waals surface area (Å²) in [5, 5.41) is 3.04. The minimum atomic E-state index is -0.0221. The predicted molar refractivity (Wildman–Crippen MR) is 61.8 cm³/mol. The molecule has 1 fully saturated rings. The number of nitrogens with one attached hydrogen (secondary N) is 1. The van der Waals surface area contributed by atoms with E-state index in [0.717, 1.165) is 18.7 Å². The van der Waals surface area contributed by atoms with Crippen LogP contribution < -0.4 is 5.32 Å². The molecule has 1 N–H and O–H groups in total. The van der Waals surface area contributed by atoms with Crippen LogP contribution in [0.4, 0.5) is 0 Å². The van der Waals surface area contributed by atoms with E-state index in [-0.39, 0.29) is 18.0 Å². The second kappa shape index (κ2) is 4.61. The number of hydrogen-bond donors (Lipinski definition) is 1. The first-order valence-corrected chi connectivity index (χ1v) is 5.62. The molecule has 0 aliphatic carbocycles. The molecule has 2 rings (SSSR count). The van der Waals surface area contributed by atoms with E-state index in [0.29, 0.717) is 0 Å². The van der Waals surface area contributed by atoms with Gasteiger partial charge in [0.15, 0.2) is 0 Å². The Morgan fingerprint density at radius 1 is 1.56 bits per heavy atom. The maximum absolute atomic E-state index is 12.0. The summed E-state index contributed by atoms with van der Waals surface area (Å²) in [7, 11) is 1.83. The number of hydrogen-bond acceptors (Lipinski definition) is 3. The molecule has 0 bridgehead atoms. The molecule has 16 heavy (non-hydrogen) atoms. The quantitative estimate of drug-likeness (QED) is 0.823. The van der Waals surface area contributed by atoms with Crippen LogP contribution in [-0.4, -0.2) is 35.4 Å². The SMILES string of the molecule is CNC1CCN(C(C)c2ccccn2)C1=O. The number of aromatic nitrogens is 1. The molecule has 1 aromatic rings. The third kappa shape index (κ3) is 1.93. The van der Waals surface area contributed by atoms with Gasteiger partial charge < -0.3 is 10.2 Å². The van der Waals surface area contributed by atoms with E-state index in [1.165, 1.54) is 0 Å². The zero-order valence-electron chi connectivity index (χ0n) is 9.68. The maximum Gasteiger partial charge on any atom is 0.240 e. The molecule has 0 saturated carbocycles. The summed E-state index contributed by atoms with van der Waals surface area (Å²) in [5.41, 5.74) is 0.951. The highest BCUT2D eigenvalue weighted by atomic mass is 16.2. The van der Waals surface area contributed by atoms with Crippen molar-refractivity contribution < 1.29 is 4.79 Å². The van der Waals surface area contributed by atoms with Gasteiger partial charge in [0.25, 0.3) is 0 Å². The number of likely N-dealkylation sites (N-methyl/N-ethyl adjacent to an activating group) is 1. The van der Waals surface area contributed by atoms with E-state index >= 15 is 0 Å². The summed E-state index contributed by atoms with van der Waals surface area (Å²) in [6.07, 6.45) is 2.65. The lowest BCUT2D eigenvalue weighted by Gasteiger charge is -2.24. The highest BCUT2D eigenvalue weighted by molar-refractivity contribution is 5.84. The van der Waals surface area contributed by atoms with Crippen molar-refractivity contribution in [1.82, 2.24) is 15.2 Å². The van der Waals surface area contributed by atoms with Crippen molar-refractivity contribution in [2.24, 2.45) is 0 Å². The molecule has 0 radical (unpaired) electrons. The van der Waals surface area contributed by atoms with Gasteiger partial charge in [0.1, 0.15) is 0 Å². The van der Waals surface area contributed by atoms with Crippen LogP contribution in [0.1, 0.15) is 25.1 Å². The molecule has 2 unspecified atom stereocenters. The molecule has 4 heteroatoms. The highest BCUT2D eigenvalue weighted by Crippen LogP contribution is 2.23. The second-order valence-corrected chi connectivity index (χ2v) is 4.09. The van der Waals surface area contributed by atoms with Gasteiger partial charge in [-0.15, -0.1) is 0 Å². The Hall–Kier alpha value is -1.42. The molecule has 1 aromatic heterocycles. The monoisotopic (exact) mass is 219 g/mol. The number of carbonyl (C=O) groups excluding carboxylic acids is 1. The van der Waals surface area contributed by atoms with E-state index in [1.54, 1.807) is 6.20 Å². The van der Waals surface area contributed by atoms with Gasteiger partial charge in [-0.2, -0.15) is 0 Å². The lowest BCUT2D eigenvalue weighted by Crippen LogP contribution is -2.37. The molecule has 1 saturated heterocycles. The fourth-order valence-corrected chi connectivity index (χ4v) is 2.14. The van der Waals surface area contributed by atoms with Crippen LogP contribution in [-0.2, 0) is 4.79 Å². The lowest BCUT2D eigenvalue weighted by atomic mass is 10.2. The standard InChI is InChI=1S/C12H17N3O/c1-9(10-5-3-4-7-14-10)15-8-6-11(13-2)12(15)16/h3-5,7,9,11,13H,6,8H2,1-2H3. The van der Waals surface area contributed by atoms with Crippen LogP contribution in [0, 0.1) is 0 Å². The van der Waals surface area contributed by atoms with Gasteiger partial charge in [0.2, 0.25) is 5.91 Å². The Bertz CT molecular complexity index is 366. The summed E-state index contributed by atoms with van der Waals surface area (Å²) in [6, 6.07) is 5.84. The van der Waals surface area contributed by atoms with Crippen LogP contribution in [0.5, 0.6) is 0 Å². The van der Waals surface area contributed by atoms with Crippen LogP contribution in [0.15, 0.2) is 24.4 Å². The number of rotatable bonds is 3. The molecule has 2 heterocycles. The summed E-state index contributed by atoms with van der Waals surface area (Å²) < 4.78 is 0. The molecule has 1 aliphatic rings. The number of likely N-dealkylation sites (tertiary alicyclic amines) is 1. The lowest BCUT2D eigenvalue weighted by molar-refractivity contribution is -0.131. The van der Waals surface area contributed by atoms with Gasteiger partial charge >= 0.3 is 0 Å². The largest absolute Gasteiger partial charge is 0.333 e. The summed E-state index contributed by atoms with van der Waals surface area (Å²) in [4.78, 5) is 18.2. The maximum atomic E-state index is 12.0. The second-order valence-electron chi connectivity index (χ2n) is 4.09. The number of carbonyl (C=O) groups is 1. The third-order valence-electron chi connectivity index (χ3n) is 3.17. The first kappa shape index (κ1) is 11.1. The minimum Gasteiger partial charge on any atom is -0.333 e. The molecule has 1 amide bonds. The summed E-state index contributed by atoms with van der Waals surface area (Å²) in [6.45, 7) is 2.83. The zero-order valence-corrected chi connectivity index (χ0v) is 9.68. The van der Waals surface area contributed by atoms with Gasteiger partial charge in [-0.25, -0.2) is 0 Å². The van der Waals surface area contributed by atoms with E-state index in [2.05, 4.69) is 10.3 Å². The van der Waals surface area contributed by atoms with Crippen molar-refractivity contribution in [2.75, 3.05) is 13.6 Å². The fourth-order valence-electron chi connectivity index (χ4n) is 2.14. The molecule has 86 valence electrons. The number of nitrogens with zero attached hydrogens (tertiary/aromatic N) is 2. The van der Waals surface area contributed by atoms with Crippen molar-refractivity contribution >= 4 is 5.91 Å². The Balaban J connectivity index is 2.12. The first-order valence-electron chi connectivity index (χ1n) is 5.62. The number of amides is 1. The van der Waals surface area contributed by atoms with E-state index in [9.17, 15) is 4.79 Å². The van der Waals surface area contributed by atoms with Crippen LogP contribution in [0.3, 0.4) is 0 Å². The average Bonchev–Trinajstić information content (AvgIpc) is 2.70.